The predicted molar refractivity (Wildman–Crippen MR) is 144 cm³/mol. The van der Waals surface area contributed by atoms with Gasteiger partial charge in [-0.05, 0) is 67.3 Å². The molecule has 12 heteroatoms. The van der Waals surface area contributed by atoms with Crippen molar-refractivity contribution in [1.29, 1.82) is 0 Å². The van der Waals surface area contributed by atoms with Gasteiger partial charge in [0.1, 0.15) is 12.1 Å². The zero-order chi connectivity index (χ0) is 26.9. The predicted octanol–water partition coefficient (Wildman–Crippen LogP) is 2.26. The van der Waals surface area contributed by atoms with E-state index < -0.39 is 22.1 Å². The summed E-state index contributed by atoms with van der Waals surface area (Å²) in [6, 6.07) is 10.4. The van der Waals surface area contributed by atoms with Gasteiger partial charge in [-0.3, -0.25) is 14.7 Å². The molecule has 3 aromatic rings. The van der Waals surface area contributed by atoms with Crippen molar-refractivity contribution in [2.75, 3.05) is 19.6 Å². The summed E-state index contributed by atoms with van der Waals surface area (Å²) in [5, 5.41) is 12.4. The molecule has 2 amide bonds. The zero-order valence-corrected chi connectivity index (χ0v) is 22.6. The quantitative estimate of drug-likeness (QED) is 0.389. The molecule has 0 saturated carbocycles. The van der Waals surface area contributed by atoms with Crippen LogP contribution in [0.3, 0.4) is 0 Å². The molecule has 38 heavy (non-hydrogen) atoms. The van der Waals surface area contributed by atoms with E-state index in [4.69, 9.17) is 11.6 Å². The van der Waals surface area contributed by atoms with Crippen molar-refractivity contribution in [3.8, 4) is 0 Å². The van der Waals surface area contributed by atoms with Crippen LogP contribution in [0, 0.1) is 0 Å². The van der Waals surface area contributed by atoms with Crippen molar-refractivity contribution in [1.82, 2.24) is 30.0 Å². The summed E-state index contributed by atoms with van der Waals surface area (Å²) in [6.07, 6.45) is 3.83. The molecule has 0 aliphatic carbocycles. The van der Waals surface area contributed by atoms with E-state index in [0.29, 0.717) is 37.6 Å². The number of carbonyl (C=O) groups excluding carboxylic acids is 2. The third-order valence-electron chi connectivity index (χ3n) is 7.32. The first kappa shape index (κ1) is 26.6. The van der Waals surface area contributed by atoms with Crippen LogP contribution in [0.1, 0.15) is 31.9 Å². The summed E-state index contributed by atoms with van der Waals surface area (Å²) in [6.45, 7) is 3.86. The number of carbonyl (C=O) groups is 2. The number of fused-ring (bicyclic) bond motifs is 1. The third-order valence-corrected chi connectivity index (χ3v) is 9.02. The maximum Gasteiger partial charge on any atom is 0.245 e. The molecule has 1 aromatic heterocycles. The molecule has 2 fully saturated rings. The number of amides is 2. The topological polar surface area (TPSA) is 128 Å². The molecule has 10 nitrogen and oxygen atoms in total. The van der Waals surface area contributed by atoms with E-state index in [1.165, 1.54) is 11.0 Å². The molecular weight excluding hydrogens is 528 g/mol. The summed E-state index contributed by atoms with van der Waals surface area (Å²) in [7, 11) is -3.94. The second-order valence-electron chi connectivity index (χ2n) is 9.91. The van der Waals surface area contributed by atoms with Gasteiger partial charge in [-0.15, -0.1) is 0 Å². The Bertz CT molecular complexity index is 1430. The number of nitrogens with zero attached hydrogens (tertiary/aromatic N) is 3. The van der Waals surface area contributed by atoms with Gasteiger partial charge < -0.3 is 15.1 Å². The number of rotatable bonds is 8. The van der Waals surface area contributed by atoms with Crippen LogP contribution in [-0.2, 0) is 26.2 Å². The van der Waals surface area contributed by atoms with Gasteiger partial charge in [0, 0.05) is 49.1 Å². The fourth-order valence-electron chi connectivity index (χ4n) is 5.19. The van der Waals surface area contributed by atoms with E-state index in [9.17, 15) is 18.0 Å². The first-order valence-corrected chi connectivity index (χ1v) is 14.6. The van der Waals surface area contributed by atoms with E-state index in [1.807, 2.05) is 6.07 Å². The largest absolute Gasteiger partial charge is 0.339 e. The number of piperidine rings is 1. The Morgan fingerprint density at radius 2 is 1.95 bits per heavy atom. The highest BCUT2D eigenvalue weighted by Crippen LogP contribution is 2.24. The number of sulfonamides is 1. The molecule has 2 aliphatic rings. The Morgan fingerprint density at radius 1 is 1.16 bits per heavy atom. The van der Waals surface area contributed by atoms with Gasteiger partial charge in [0.25, 0.3) is 0 Å². The summed E-state index contributed by atoms with van der Waals surface area (Å²) in [5.41, 5.74) is 0.978. The first-order valence-electron chi connectivity index (χ1n) is 12.7. The molecule has 5 rings (SSSR count). The number of nitrogens with one attached hydrogen (secondary N) is 3. The van der Waals surface area contributed by atoms with Crippen molar-refractivity contribution < 1.29 is 18.0 Å². The Kier molecular flexibility index (Phi) is 7.71. The number of hydrogen-bond acceptors (Lipinski definition) is 6. The average Bonchev–Trinajstić information content (AvgIpc) is 3.56. The van der Waals surface area contributed by atoms with Crippen LogP contribution in [0.5, 0.6) is 0 Å². The van der Waals surface area contributed by atoms with E-state index in [1.54, 1.807) is 48.4 Å². The lowest BCUT2D eigenvalue weighted by Gasteiger charge is -2.36. The van der Waals surface area contributed by atoms with Crippen LogP contribution in [0.15, 0.2) is 53.6 Å². The van der Waals surface area contributed by atoms with Crippen LogP contribution in [-0.4, -0.2) is 78.0 Å². The molecule has 2 aliphatic heterocycles. The molecule has 3 unspecified atom stereocenters. The van der Waals surface area contributed by atoms with Crippen LogP contribution in [0.2, 0.25) is 5.02 Å². The number of halogens is 1. The van der Waals surface area contributed by atoms with Crippen LogP contribution in [0.25, 0.3) is 10.8 Å². The molecule has 3 heterocycles. The lowest BCUT2D eigenvalue weighted by Crippen LogP contribution is -2.54. The Hall–Kier alpha value is -2.99. The molecule has 202 valence electrons. The lowest BCUT2D eigenvalue weighted by atomic mass is 10.0. The van der Waals surface area contributed by atoms with E-state index in [-0.39, 0.29) is 22.8 Å². The number of hydrogen-bond donors (Lipinski definition) is 3. The number of benzene rings is 2. The van der Waals surface area contributed by atoms with Crippen molar-refractivity contribution in [3.63, 3.8) is 0 Å². The van der Waals surface area contributed by atoms with Gasteiger partial charge >= 0.3 is 0 Å². The van der Waals surface area contributed by atoms with E-state index in [2.05, 4.69) is 20.2 Å². The second kappa shape index (κ2) is 11.0. The smallest absolute Gasteiger partial charge is 0.245 e. The molecule has 3 N–H and O–H groups in total. The Labute approximate surface area is 226 Å². The van der Waals surface area contributed by atoms with Crippen molar-refractivity contribution >= 4 is 44.2 Å². The summed E-state index contributed by atoms with van der Waals surface area (Å²) < 4.78 is 28.7. The van der Waals surface area contributed by atoms with Crippen LogP contribution < -0.4 is 10.0 Å². The minimum atomic E-state index is -3.94. The monoisotopic (exact) mass is 558 g/mol. The molecular formula is C26H31ClN6O4S. The van der Waals surface area contributed by atoms with Gasteiger partial charge in [-0.1, -0.05) is 23.7 Å². The number of H-pyrrole nitrogens is 1. The zero-order valence-electron chi connectivity index (χ0n) is 21.1. The van der Waals surface area contributed by atoms with Gasteiger partial charge in [0.05, 0.1) is 4.90 Å². The second-order valence-corrected chi connectivity index (χ2v) is 12.1. The molecule has 2 aromatic carbocycles. The maximum atomic E-state index is 13.3. The minimum Gasteiger partial charge on any atom is -0.339 e. The van der Waals surface area contributed by atoms with Crippen LogP contribution in [0.4, 0.5) is 0 Å². The lowest BCUT2D eigenvalue weighted by molar-refractivity contribution is -0.144. The molecule has 2 saturated heterocycles. The van der Waals surface area contributed by atoms with E-state index >= 15 is 0 Å². The van der Waals surface area contributed by atoms with Gasteiger partial charge in [0.15, 0.2) is 0 Å². The fourth-order valence-corrected chi connectivity index (χ4v) is 6.63. The maximum absolute atomic E-state index is 13.3. The number of aromatic nitrogens is 2. The summed E-state index contributed by atoms with van der Waals surface area (Å²) >= 11 is 6.02. The molecule has 0 spiro atoms. The Balaban J connectivity index is 1.20. The first-order chi connectivity index (χ1) is 18.2. The molecule has 3 atom stereocenters. The van der Waals surface area contributed by atoms with Crippen molar-refractivity contribution in [2.45, 2.75) is 55.8 Å². The summed E-state index contributed by atoms with van der Waals surface area (Å²) in [4.78, 5) is 29.9. The highest BCUT2D eigenvalue weighted by molar-refractivity contribution is 7.89. The minimum absolute atomic E-state index is 0.0738. The van der Waals surface area contributed by atoms with Gasteiger partial charge in [-0.2, -0.15) is 9.82 Å². The third kappa shape index (κ3) is 5.70. The molecule has 0 bridgehead atoms. The SMILES string of the molecule is CC(C(=O)N1CCCC(NCc2ccn[nH]2)C1)N1CCC(NS(=O)(=O)c2ccc3cc(Cl)ccc3c2)C1=O. The number of aromatic amines is 1. The number of likely N-dealkylation sites (tertiary alicyclic amines) is 2. The highest BCUT2D eigenvalue weighted by Gasteiger charge is 2.40. The van der Waals surface area contributed by atoms with Gasteiger partial charge in [0.2, 0.25) is 21.8 Å². The van der Waals surface area contributed by atoms with E-state index in [0.717, 1.165) is 29.3 Å². The Morgan fingerprint density at radius 3 is 2.74 bits per heavy atom. The van der Waals surface area contributed by atoms with Gasteiger partial charge in [-0.25, -0.2) is 8.42 Å². The standard InChI is InChI=1S/C26H31ClN6O4S/c1-17(25(34)32-11-2-3-22(16-32)28-15-21-8-10-29-30-21)33-12-9-24(26(33)35)31-38(36,37)23-7-5-18-13-20(27)6-4-19(18)14-23/h4-8,10,13-14,17,22,24,28,31H,2-3,9,11-12,15-16H2,1H3,(H,29,30). The highest BCUT2D eigenvalue weighted by atomic mass is 35.5. The average molecular weight is 559 g/mol. The van der Waals surface area contributed by atoms with Crippen LogP contribution >= 0.6 is 11.6 Å². The fraction of sp³-hybridized carbons (Fsp3) is 0.423. The molecule has 0 radical (unpaired) electrons. The summed E-state index contributed by atoms with van der Waals surface area (Å²) in [5.74, 6) is -0.504. The van der Waals surface area contributed by atoms with Crippen molar-refractivity contribution in [2.24, 2.45) is 0 Å². The normalized spacial score (nSPS) is 21.3. The van der Waals surface area contributed by atoms with Crippen molar-refractivity contribution in [3.05, 3.63) is 59.4 Å².